The molecule has 1 aromatic heterocycles. The lowest BCUT2D eigenvalue weighted by atomic mass is 10.2. The number of furan rings is 1. The van der Waals surface area contributed by atoms with Crippen LogP contribution in [-0.2, 0) is 0 Å². The molecule has 84 valence electrons. The average Bonchev–Trinajstić information content (AvgIpc) is 2.63. The second kappa shape index (κ2) is 5.33. The van der Waals surface area contributed by atoms with E-state index >= 15 is 0 Å². The second-order valence-corrected chi connectivity index (χ2v) is 4.43. The van der Waals surface area contributed by atoms with Gasteiger partial charge in [-0.1, -0.05) is 0 Å². The molecule has 0 amide bonds. The molecule has 2 heterocycles. The van der Waals surface area contributed by atoms with Gasteiger partial charge < -0.3 is 15.1 Å². The maximum atomic E-state index is 5.52. The number of hydrogen-bond acceptors (Lipinski definition) is 1. The van der Waals surface area contributed by atoms with Gasteiger partial charge in [0.15, 0.2) is 11.8 Å². The van der Waals surface area contributed by atoms with Crippen LogP contribution in [0.3, 0.4) is 0 Å². The van der Waals surface area contributed by atoms with Crippen LogP contribution in [-0.4, -0.2) is 19.6 Å². The Balaban J connectivity index is 2.04. The van der Waals surface area contributed by atoms with E-state index in [0.29, 0.717) is 6.04 Å². The van der Waals surface area contributed by atoms with E-state index < -0.39 is 0 Å². The monoisotopic (exact) mass is 210 g/mol. The van der Waals surface area contributed by atoms with Gasteiger partial charge in [-0.2, -0.15) is 0 Å². The molecule has 0 aliphatic carbocycles. The summed E-state index contributed by atoms with van der Waals surface area (Å²) in [6.07, 6.45) is 7.27. The molecule has 0 spiro atoms. The lowest BCUT2D eigenvalue weighted by molar-refractivity contribution is -0.938. The molecule has 1 atom stereocenters. The normalized spacial score (nSPS) is 21.1. The molecule has 0 radical (unpaired) electrons. The first-order valence-corrected chi connectivity index (χ1v) is 6.09. The summed E-state index contributed by atoms with van der Waals surface area (Å²) >= 11 is 0. The highest BCUT2D eigenvalue weighted by molar-refractivity contribution is 5.01. The van der Waals surface area contributed by atoms with Crippen molar-refractivity contribution in [2.75, 3.05) is 19.6 Å². The van der Waals surface area contributed by atoms with Crippen LogP contribution < -0.4 is 10.6 Å². The molecule has 2 rings (SSSR count). The van der Waals surface area contributed by atoms with Gasteiger partial charge in [-0.15, -0.1) is 0 Å². The zero-order valence-corrected chi connectivity index (χ0v) is 9.37. The predicted octanol–water partition coefficient (Wildman–Crippen LogP) is 0.0215. The molecule has 0 bridgehead atoms. The van der Waals surface area contributed by atoms with Crippen molar-refractivity contribution < 1.29 is 15.1 Å². The summed E-state index contributed by atoms with van der Waals surface area (Å²) in [5, 5.41) is 0. The largest absolute Gasteiger partial charge is 0.463 e. The Hall–Kier alpha value is -0.800. The standard InChI is InChI=1S/C12H20N2O/c13-10-11(12-6-5-9-15-12)14-7-3-1-2-4-8-14/h5-6,9,11H,1-4,7-8,10,13H2/p+2/t11-/m0/s1. The van der Waals surface area contributed by atoms with E-state index in [4.69, 9.17) is 4.42 Å². The van der Waals surface area contributed by atoms with E-state index in [1.165, 1.54) is 38.8 Å². The zero-order valence-electron chi connectivity index (χ0n) is 9.37. The third-order valence-corrected chi connectivity index (χ3v) is 3.41. The van der Waals surface area contributed by atoms with Crippen molar-refractivity contribution >= 4 is 0 Å². The lowest BCUT2D eigenvalue weighted by Gasteiger charge is -2.23. The Kier molecular flexibility index (Phi) is 3.80. The van der Waals surface area contributed by atoms with Crippen molar-refractivity contribution in [3.05, 3.63) is 24.2 Å². The van der Waals surface area contributed by atoms with E-state index in [2.05, 4.69) is 11.8 Å². The first-order chi connectivity index (χ1) is 7.42. The summed E-state index contributed by atoms with van der Waals surface area (Å²) in [6.45, 7) is 3.49. The van der Waals surface area contributed by atoms with E-state index in [9.17, 15) is 0 Å². The van der Waals surface area contributed by atoms with Gasteiger partial charge in [-0.3, -0.25) is 0 Å². The summed E-state index contributed by atoms with van der Waals surface area (Å²) in [5.74, 6) is 1.11. The first kappa shape index (κ1) is 10.7. The van der Waals surface area contributed by atoms with E-state index in [1.54, 1.807) is 11.2 Å². The summed E-state index contributed by atoms with van der Waals surface area (Å²) in [4.78, 5) is 1.66. The smallest absolute Gasteiger partial charge is 0.195 e. The van der Waals surface area contributed by atoms with Crippen molar-refractivity contribution in [3.8, 4) is 0 Å². The molecule has 0 unspecified atom stereocenters. The molecule has 15 heavy (non-hydrogen) atoms. The van der Waals surface area contributed by atoms with Crippen molar-refractivity contribution in [2.24, 2.45) is 0 Å². The van der Waals surface area contributed by atoms with Crippen LogP contribution in [0, 0.1) is 0 Å². The second-order valence-electron chi connectivity index (χ2n) is 4.43. The molecule has 1 saturated heterocycles. The summed E-state index contributed by atoms with van der Waals surface area (Å²) in [6, 6.07) is 4.54. The number of likely N-dealkylation sites (tertiary alicyclic amines) is 1. The van der Waals surface area contributed by atoms with Crippen molar-refractivity contribution in [1.29, 1.82) is 0 Å². The van der Waals surface area contributed by atoms with Crippen molar-refractivity contribution in [2.45, 2.75) is 31.7 Å². The highest BCUT2D eigenvalue weighted by Gasteiger charge is 2.27. The molecule has 4 N–H and O–H groups in total. The Labute approximate surface area is 91.2 Å². The van der Waals surface area contributed by atoms with E-state index in [-0.39, 0.29) is 0 Å². The number of hydrogen-bond donors (Lipinski definition) is 2. The molecule has 3 nitrogen and oxygen atoms in total. The molecule has 1 aliphatic rings. The van der Waals surface area contributed by atoms with Crippen LogP contribution in [0.5, 0.6) is 0 Å². The Morgan fingerprint density at radius 1 is 1.27 bits per heavy atom. The average molecular weight is 210 g/mol. The first-order valence-electron chi connectivity index (χ1n) is 6.09. The van der Waals surface area contributed by atoms with E-state index in [1.807, 2.05) is 6.07 Å². The van der Waals surface area contributed by atoms with Crippen LogP contribution >= 0.6 is 0 Å². The molecule has 0 saturated carbocycles. The SMILES string of the molecule is [NH3+]C[C@@H](c1ccco1)[NH+]1CCCCCC1. The minimum absolute atomic E-state index is 0.470. The fourth-order valence-corrected chi connectivity index (χ4v) is 2.57. The van der Waals surface area contributed by atoms with Gasteiger partial charge in [0.2, 0.25) is 0 Å². The van der Waals surface area contributed by atoms with Gasteiger partial charge in [-0.05, 0) is 37.8 Å². The molecule has 1 fully saturated rings. The van der Waals surface area contributed by atoms with Crippen LogP contribution in [0.25, 0.3) is 0 Å². The lowest BCUT2D eigenvalue weighted by Crippen LogP contribution is -3.13. The number of quaternary nitrogens is 2. The Morgan fingerprint density at radius 2 is 2.00 bits per heavy atom. The topological polar surface area (TPSA) is 45.2 Å². The summed E-state index contributed by atoms with van der Waals surface area (Å²) in [5.41, 5.74) is 4.07. The van der Waals surface area contributed by atoms with Crippen LogP contribution in [0.4, 0.5) is 0 Å². The third kappa shape index (κ3) is 2.61. The van der Waals surface area contributed by atoms with Gasteiger partial charge in [0.25, 0.3) is 0 Å². The number of nitrogens with one attached hydrogen (secondary N) is 1. The van der Waals surface area contributed by atoms with Gasteiger partial charge in [0.05, 0.1) is 19.4 Å². The van der Waals surface area contributed by atoms with Crippen molar-refractivity contribution in [1.82, 2.24) is 0 Å². The van der Waals surface area contributed by atoms with Crippen LogP contribution in [0.1, 0.15) is 37.5 Å². The van der Waals surface area contributed by atoms with Crippen molar-refractivity contribution in [3.63, 3.8) is 0 Å². The van der Waals surface area contributed by atoms with E-state index in [0.717, 1.165) is 12.3 Å². The highest BCUT2D eigenvalue weighted by Crippen LogP contribution is 2.10. The predicted molar refractivity (Wildman–Crippen MR) is 58.4 cm³/mol. The quantitative estimate of drug-likeness (QED) is 0.726. The molecule has 1 aromatic rings. The minimum Gasteiger partial charge on any atom is -0.463 e. The fourth-order valence-electron chi connectivity index (χ4n) is 2.57. The van der Waals surface area contributed by atoms with Gasteiger partial charge in [0, 0.05) is 0 Å². The molecule has 0 aromatic carbocycles. The fraction of sp³-hybridized carbons (Fsp3) is 0.667. The van der Waals surface area contributed by atoms with Gasteiger partial charge in [0.1, 0.15) is 6.54 Å². The minimum atomic E-state index is 0.470. The summed E-state index contributed by atoms with van der Waals surface area (Å²) < 4.78 is 5.52. The van der Waals surface area contributed by atoms with Gasteiger partial charge >= 0.3 is 0 Å². The maximum absolute atomic E-state index is 5.52. The zero-order chi connectivity index (χ0) is 10.5. The van der Waals surface area contributed by atoms with Gasteiger partial charge in [-0.25, -0.2) is 0 Å². The maximum Gasteiger partial charge on any atom is 0.195 e. The molecule has 3 heteroatoms. The Morgan fingerprint density at radius 3 is 2.53 bits per heavy atom. The summed E-state index contributed by atoms with van der Waals surface area (Å²) in [7, 11) is 0. The molecular formula is C12H22N2O+2. The number of rotatable bonds is 3. The highest BCUT2D eigenvalue weighted by atomic mass is 16.3. The van der Waals surface area contributed by atoms with Crippen LogP contribution in [0.2, 0.25) is 0 Å². The third-order valence-electron chi connectivity index (χ3n) is 3.41. The van der Waals surface area contributed by atoms with Crippen LogP contribution in [0.15, 0.2) is 22.8 Å². The molecular weight excluding hydrogens is 188 g/mol. The molecule has 1 aliphatic heterocycles. The Bertz CT molecular complexity index is 263.